The molecule has 1 heterocycles. The van der Waals surface area contributed by atoms with Crippen LogP contribution in [-0.2, 0) is 23.9 Å². The van der Waals surface area contributed by atoms with E-state index in [1.54, 1.807) is 14.0 Å². The molecule has 1 aliphatic heterocycles. The maximum Gasteiger partial charge on any atom is 0.332 e. The molecule has 0 spiro atoms. The molecule has 150 valence electrons. The van der Waals surface area contributed by atoms with Gasteiger partial charge < -0.3 is 24.4 Å². The molecule has 1 aromatic rings. The summed E-state index contributed by atoms with van der Waals surface area (Å²) in [6, 6.07) is 6.42. The van der Waals surface area contributed by atoms with Crippen LogP contribution in [0.1, 0.15) is 12.5 Å². The zero-order valence-electron chi connectivity index (χ0n) is 16.3. The quantitative estimate of drug-likeness (QED) is 0.405. The van der Waals surface area contributed by atoms with Gasteiger partial charge in [0, 0.05) is 17.3 Å². The molecule has 1 fully saturated rings. The molecule has 2 rings (SSSR count). The van der Waals surface area contributed by atoms with Gasteiger partial charge in [-0.1, -0.05) is 30.4 Å². The summed E-state index contributed by atoms with van der Waals surface area (Å²) >= 11 is 0. The number of amides is 1. The number of benzene rings is 1. The van der Waals surface area contributed by atoms with Gasteiger partial charge in [0.05, 0.1) is 27.4 Å². The Labute approximate surface area is 163 Å². The number of esters is 2. The van der Waals surface area contributed by atoms with Gasteiger partial charge in [0.25, 0.3) is 0 Å². The minimum Gasteiger partial charge on any atom is -0.496 e. The fraction of sp³-hybridized carbons (Fsp3) is 0.350. The number of hydrogen-bond donors (Lipinski definition) is 1. The van der Waals surface area contributed by atoms with Gasteiger partial charge in [-0.15, -0.1) is 0 Å². The van der Waals surface area contributed by atoms with E-state index in [1.165, 1.54) is 25.2 Å². The minimum absolute atomic E-state index is 0.159. The maximum atomic E-state index is 12.5. The molecule has 1 N–H and O–H groups in total. The second kappa shape index (κ2) is 9.59. The van der Waals surface area contributed by atoms with Crippen LogP contribution in [0.5, 0.6) is 5.75 Å². The first kappa shape index (κ1) is 21.0. The van der Waals surface area contributed by atoms with E-state index in [2.05, 4.69) is 14.8 Å². The molecule has 2 atom stereocenters. The molecule has 0 unspecified atom stereocenters. The number of nitrogens with zero attached hydrogens (tertiary/aromatic N) is 1. The molecular weight excluding hydrogens is 364 g/mol. The molecular formula is C20H24N2O6. The van der Waals surface area contributed by atoms with Crippen LogP contribution in [0.25, 0.3) is 6.08 Å². The van der Waals surface area contributed by atoms with E-state index in [0.29, 0.717) is 11.4 Å². The van der Waals surface area contributed by atoms with Crippen LogP contribution in [0.3, 0.4) is 0 Å². The summed E-state index contributed by atoms with van der Waals surface area (Å²) in [4.78, 5) is 36.9. The van der Waals surface area contributed by atoms with Crippen molar-refractivity contribution in [1.29, 1.82) is 0 Å². The third-order valence-corrected chi connectivity index (χ3v) is 4.31. The predicted octanol–water partition coefficient (Wildman–Crippen LogP) is 1.13. The number of carbonyl (C=O) groups is 3. The standard InChI is InChI=1S/C20H24N2O6/c1-13(11-17(23)27-3)21-19-15(22(20(19)25)12-18(24)28-4)10-9-14-7-5-6-8-16(14)26-2/h5-11,15,19,21H,12H2,1-4H3/b10-9+,13-11-/t15-,19+/m1/s1. The number of carbonyl (C=O) groups excluding carboxylic acids is 3. The number of allylic oxidation sites excluding steroid dienone is 1. The largest absolute Gasteiger partial charge is 0.496 e. The van der Waals surface area contributed by atoms with E-state index < -0.39 is 24.0 Å². The molecule has 0 radical (unpaired) electrons. The summed E-state index contributed by atoms with van der Waals surface area (Å²) in [5, 5.41) is 3.00. The first-order valence-electron chi connectivity index (χ1n) is 8.62. The van der Waals surface area contributed by atoms with Crippen LogP contribution in [-0.4, -0.2) is 62.7 Å². The van der Waals surface area contributed by atoms with Gasteiger partial charge in [-0.25, -0.2) is 4.79 Å². The van der Waals surface area contributed by atoms with Gasteiger partial charge in [-0.05, 0) is 13.0 Å². The van der Waals surface area contributed by atoms with Crippen molar-refractivity contribution in [1.82, 2.24) is 10.2 Å². The van der Waals surface area contributed by atoms with Gasteiger partial charge in [0.1, 0.15) is 18.3 Å². The lowest BCUT2D eigenvalue weighted by Crippen LogP contribution is -2.69. The Balaban J connectivity index is 2.22. The molecule has 8 heteroatoms. The number of para-hydroxylation sites is 1. The number of hydrogen-bond acceptors (Lipinski definition) is 7. The summed E-state index contributed by atoms with van der Waals surface area (Å²) in [6.07, 6.45) is 4.90. The number of methoxy groups -OCH3 is 3. The summed E-state index contributed by atoms with van der Waals surface area (Å²) in [7, 11) is 4.12. The van der Waals surface area contributed by atoms with Crippen molar-refractivity contribution in [3.63, 3.8) is 0 Å². The van der Waals surface area contributed by atoms with Crippen molar-refractivity contribution in [2.75, 3.05) is 27.9 Å². The smallest absolute Gasteiger partial charge is 0.332 e. The molecule has 0 bridgehead atoms. The Bertz CT molecular complexity index is 802. The van der Waals surface area contributed by atoms with Crippen molar-refractivity contribution in [3.05, 3.63) is 47.7 Å². The highest BCUT2D eigenvalue weighted by Crippen LogP contribution is 2.25. The zero-order chi connectivity index (χ0) is 20.7. The normalized spacial score (nSPS) is 19.2. The van der Waals surface area contributed by atoms with E-state index in [1.807, 2.05) is 36.4 Å². The Hall–Kier alpha value is -3.29. The Morgan fingerprint density at radius 1 is 1.18 bits per heavy atom. The van der Waals surface area contributed by atoms with Gasteiger partial charge >= 0.3 is 11.9 Å². The summed E-state index contributed by atoms with van der Waals surface area (Å²) in [5.41, 5.74) is 1.32. The van der Waals surface area contributed by atoms with E-state index in [4.69, 9.17) is 4.74 Å². The first-order valence-corrected chi connectivity index (χ1v) is 8.62. The summed E-state index contributed by atoms with van der Waals surface area (Å²) in [5.74, 6) is -0.610. The Morgan fingerprint density at radius 2 is 1.89 bits per heavy atom. The fourth-order valence-electron chi connectivity index (χ4n) is 2.85. The number of ether oxygens (including phenoxy) is 3. The molecule has 1 amide bonds. The Kier molecular flexibility index (Phi) is 7.20. The molecule has 8 nitrogen and oxygen atoms in total. The van der Waals surface area contributed by atoms with Crippen molar-refractivity contribution in [3.8, 4) is 5.75 Å². The third-order valence-electron chi connectivity index (χ3n) is 4.31. The molecule has 1 aromatic carbocycles. The minimum atomic E-state index is -0.614. The monoisotopic (exact) mass is 388 g/mol. The average molecular weight is 388 g/mol. The van der Waals surface area contributed by atoms with Crippen molar-refractivity contribution in [2.45, 2.75) is 19.0 Å². The molecule has 0 saturated carbocycles. The van der Waals surface area contributed by atoms with Crippen LogP contribution >= 0.6 is 0 Å². The van der Waals surface area contributed by atoms with Gasteiger partial charge in [-0.3, -0.25) is 9.59 Å². The number of likely N-dealkylation sites (tertiary alicyclic amines) is 1. The summed E-state index contributed by atoms with van der Waals surface area (Å²) in [6.45, 7) is 1.50. The average Bonchev–Trinajstić information content (AvgIpc) is 2.71. The van der Waals surface area contributed by atoms with Crippen molar-refractivity contribution in [2.24, 2.45) is 0 Å². The molecule has 0 aromatic heterocycles. The van der Waals surface area contributed by atoms with Crippen molar-refractivity contribution < 1.29 is 28.6 Å². The predicted molar refractivity (Wildman–Crippen MR) is 102 cm³/mol. The lowest BCUT2D eigenvalue weighted by atomic mass is 9.93. The highest BCUT2D eigenvalue weighted by molar-refractivity contribution is 5.94. The number of nitrogens with one attached hydrogen (secondary N) is 1. The van der Waals surface area contributed by atoms with Crippen LogP contribution < -0.4 is 10.1 Å². The van der Waals surface area contributed by atoms with Crippen LogP contribution in [0, 0.1) is 0 Å². The molecule has 1 saturated heterocycles. The maximum absolute atomic E-state index is 12.5. The van der Waals surface area contributed by atoms with E-state index in [9.17, 15) is 14.4 Å². The molecule has 28 heavy (non-hydrogen) atoms. The third kappa shape index (κ3) is 4.91. The van der Waals surface area contributed by atoms with E-state index >= 15 is 0 Å². The van der Waals surface area contributed by atoms with Crippen LogP contribution in [0.2, 0.25) is 0 Å². The SMILES string of the molecule is COC(=O)/C=C(/C)N[C@@H]1C(=O)N(CC(=O)OC)[C@@H]1/C=C/c1ccccc1OC. The van der Waals surface area contributed by atoms with Gasteiger partial charge in [-0.2, -0.15) is 0 Å². The summed E-state index contributed by atoms with van der Waals surface area (Å²) < 4.78 is 14.6. The second-order valence-electron chi connectivity index (χ2n) is 6.11. The fourth-order valence-corrected chi connectivity index (χ4v) is 2.85. The van der Waals surface area contributed by atoms with Gasteiger partial charge in [0.2, 0.25) is 5.91 Å². The van der Waals surface area contributed by atoms with Crippen LogP contribution in [0.15, 0.2) is 42.1 Å². The second-order valence-corrected chi connectivity index (χ2v) is 6.11. The highest BCUT2D eigenvalue weighted by Gasteiger charge is 2.46. The number of rotatable bonds is 8. The first-order chi connectivity index (χ1) is 13.4. The lowest BCUT2D eigenvalue weighted by molar-refractivity contribution is -0.157. The van der Waals surface area contributed by atoms with Crippen LogP contribution in [0.4, 0.5) is 0 Å². The zero-order valence-corrected chi connectivity index (χ0v) is 16.3. The topological polar surface area (TPSA) is 94.2 Å². The molecule has 1 aliphatic rings. The van der Waals surface area contributed by atoms with E-state index in [0.717, 1.165) is 5.56 Å². The molecule has 0 aliphatic carbocycles. The van der Waals surface area contributed by atoms with Gasteiger partial charge in [0.15, 0.2) is 0 Å². The highest BCUT2D eigenvalue weighted by atomic mass is 16.5. The van der Waals surface area contributed by atoms with E-state index in [-0.39, 0.29) is 12.5 Å². The lowest BCUT2D eigenvalue weighted by Gasteiger charge is -2.45. The number of β-lactam (4-membered cyclic amide) rings is 1. The van der Waals surface area contributed by atoms with Crippen molar-refractivity contribution >= 4 is 23.9 Å². The Morgan fingerprint density at radius 3 is 2.54 bits per heavy atom.